The molecule has 1 aromatic heterocycles. The lowest BCUT2D eigenvalue weighted by molar-refractivity contribution is -0.121. The summed E-state index contributed by atoms with van der Waals surface area (Å²) in [6.45, 7) is 1.33. The number of carbonyl (C=O) groups is 1. The van der Waals surface area contributed by atoms with Crippen LogP contribution in [-0.2, 0) is 16.0 Å². The predicted octanol–water partition coefficient (Wildman–Crippen LogP) is 2.30. The number of carbonyl (C=O) groups excluding carboxylic acids is 1. The molecule has 0 spiro atoms. The lowest BCUT2D eigenvalue weighted by atomic mass is 9.96. The van der Waals surface area contributed by atoms with Gasteiger partial charge in [-0.2, -0.15) is 0 Å². The van der Waals surface area contributed by atoms with E-state index in [0.717, 1.165) is 11.3 Å². The highest BCUT2D eigenvalue weighted by molar-refractivity contribution is 5.92. The van der Waals surface area contributed by atoms with Crippen molar-refractivity contribution in [1.29, 1.82) is 0 Å². The molecule has 0 aliphatic carbocycles. The Kier molecular flexibility index (Phi) is 5.28. The van der Waals surface area contributed by atoms with Gasteiger partial charge in [0.25, 0.3) is 0 Å². The molecule has 1 aromatic carbocycles. The Morgan fingerprint density at radius 2 is 2.17 bits per heavy atom. The molecular formula is C18H20N2O4. The Morgan fingerprint density at radius 3 is 2.96 bits per heavy atom. The number of hydrogen-bond donors (Lipinski definition) is 1. The van der Waals surface area contributed by atoms with Crippen LogP contribution in [-0.4, -0.2) is 37.8 Å². The number of fused-ring (bicyclic) bond motifs is 1. The number of methoxy groups -OCH3 is 1. The number of rotatable bonds is 6. The minimum Gasteiger partial charge on any atom is -0.492 e. The molecule has 0 unspecified atom stereocenters. The largest absolute Gasteiger partial charge is 0.492 e. The van der Waals surface area contributed by atoms with E-state index in [2.05, 4.69) is 10.3 Å². The molecule has 2 heterocycles. The fraction of sp³-hybridized carbons (Fsp3) is 0.333. The maximum atomic E-state index is 12.4. The molecule has 6 heteroatoms. The molecule has 1 aliphatic heterocycles. The Morgan fingerprint density at radius 1 is 1.29 bits per heavy atom. The normalized spacial score (nSPS) is 16.0. The van der Waals surface area contributed by atoms with Crippen LogP contribution in [0.5, 0.6) is 11.6 Å². The Hall–Kier alpha value is -2.60. The summed E-state index contributed by atoms with van der Waals surface area (Å²) >= 11 is 0. The molecule has 1 atom stereocenters. The predicted molar refractivity (Wildman–Crippen MR) is 89.4 cm³/mol. The lowest BCUT2D eigenvalue weighted by Gasteiger charge is -2.24. The van der Waals surface area contributed by atoms with Crippen LogP contribution in [0, 0.1) is 5.92 Å². The number of amides is 1. The van der Waals surface area contributed by atoms with Crippen molar-refractivity contribution in [2.24, 2.45) is 5.92 Å². The van der Waals surface area contributed by atoms with Crippen LogP contribution in [0.25, 0.3) is 0 Å². The maximum absolute atomic E-state index is 12.4. The molecule has 126 valence electrons. The summed E-state index contributed by atoms with van der Waals surface area (Å²) in [6.07, 6.45) is 2.26. The van der Waals surface area contributed by atoms with Gasteiger partial charge in [-0.1, -0.05) is 18.2 Å². The number of hydrogen-bond acceptors (Lipinski definition) is 5. The second-order valence-corrected chi connectivity index (χ2v) is 5.54. The Balaban J connectivity index is 1.55. The second kappa shape index (κ2) is 7.79. The summed E-state index contributed by atoms with van der Waals surface area (Å²) < 4.78 is 16.0. The van der Waals surface area contributed by atoms with Crippen LogP contribution < -0.4 is 14.8 Å². The van der Waals surface area contributed by atoms with Crippen LogP contribution in [0.4, 0.5) is 5.69 Å². The smallest absolute Gasteiger partial charge is 0.231 e. The van der Waals surface area contributed by atoms with E-state index in [1.807, 2.05) is 24.3 Å². The third-order valence-electron chi connectivity index (χ3n) is 3.79. The van der Waals surface area contributed by atoms with Crippen LogP contribution >= 0.6 is 0 Å². The van der Waals surface area contributed by atoms with E-state index in [1.54, 1.807) is 25.4 Å². The molecule has 1 aliphatic rings. The Bertz CT molecular complexity index is 688. The van der Waals surface area contributed by atoms with Gasteiger partial charge in [-0.25, -0.2) is 4.98 Å². The molecule has 0 bridgehead atoms. The molecule has 0 fully saturated rings. The number of ether oxygens (including phenoxy) is 3. The van der Waals surface area contributed by atoms with Crippen molar-refractivity contribution in [2.75, 3.05) is 32.2 Å². The first kappa shape index (κ1) is 16.3. The number of para-hydroxylation sites is 1. The number of pyridine rings is 1. The highest BCUT2D eigenvalue weighted by atomic mass is 16.5. The van der Waals surface area contributed by atoms with Gasteiger partial charge in [0.1, 0.15) is 19.0 Å². The quantitative estimate of drug-likeness (QED) is 0.824. The van der Waals surface area contributed by atoms with Crippen LogP contribution in [0.15, 0.2) is 42.6 Å². The second-order valence-electron chi connectivity index (χ2n) is 5.54. The standard InChI is InChI=1S/C18H20N2O4/c1-22-8-9-23-17-7-6-15(11-19-17)20-18(21)14-10-13-4-2-3-5-16(13)24-12-14/h2-7,11,14H,8-10,12H2,1H3,(H,20,21)/t14-/m0/s1. The molecule has 0 saturated heterocycles. The minimum absolute atomic E-state index is 0.0700. The summed E-state index contributed by atoms with van der Waals surface area (Å²) in [7, 11) is 1.61. The van der Waals surface area contributed by atoms with E-state index in [9.17, 15) is 4.79 Å². The highest BCUT2D eigenvalue weighted by Gasteiger charge is 2.25. The number of benzene rings is 1. The van der Waals surface area contributed by atoms with E-state index in [1.165, 1.54) is 0 Å². The lowest BCUT2D eigenvalue weighted by Crippen LogP contribution is -2.32. The van der Waals surface area contributed by atoms with E-state index in [4.69, 9.17) is 14.2 Å². The van der Waals surface area contributed by atoms with E-state index >= 15 is 0 Å². The van der Waals surface area contributed by atoms with Crippen LogP contribution in [0.3, 0.4) is 0 Å². The SMILES string of the molecule is COCCOc1ccc(NC(=O)[C@@H]2COc3ccccc3C2)cn1. The van der Waals surface area contributed by atoms with Crippen molar-refractivity contribution in [3.8, 4) is 11.6 Å². The summed E-state index contributed by atoms with van der Waals surface area (Å²) in [5.74, 6) is 1.08. The summed E-state index contributed by atoms with van der Waals surface area (Å²) in [5.41, 5.74) is 1.70. The molecule has 0 radical (unpaired) electrons. The first-order chi connectivity index (χ1) is 11.8. The van der Waals surface area contributed by atoms with Crippen LogP contribution in [0.2, 0.25) is 0 Å². The fourth-order valence-electron chi connectivity index (χ4n) is 2.51. The van der Waals surface area contributed by atoms with Gasteiger partial charge in [0.15, 0.2) is 0 Å². The van der Waals surface area contributed by atoms with Crippen molar-refractivity contribution >= 4 is 11.6 Å². The number of anilines is 1. The maximum Gasteiger partial charge on any atom is 0.231 e. The third kappa shape index (κ3) is 4.02. The van der Waals surface area contributed by atoms with Gasteiger partial charge in [-0.15, -0.1) is 0 Å². The highest BCUT2D eigenvalue weighted by Crippen LogP contribution is 2.27. The summed E-state index contributed by atoms with van der Waals surface area (Å²) in [6, 6.07) is 11.3. The van der Waals surface area contributed by atoms with Crippen molar-refractivity contribution in [2.45, 2.75) is 6.42 Å². The van der Waals surface area contributed by atoms with E-state index in [-0.39, 0.29) is 11.8 Å². The molecule has 2 aromatic rings. The molecule has 1 amide bonds. The van der Waals surface area contributed by atoms with E-state index < -0.39 is 0 Å². The topological polar surface area (TPSA) is 69.7 Å². The van der Waals surface area contributed by atoms with Crippen molar-refractivity contribution in [3.63, 3.8) is 0 Å². The average molecular weight is 328 g/mol. The van der Waals surface area contributed by atoms with Gasteiger partial charge in [0.05, 0.1) is 24.4 Å². The monoisotopic (exact) mass is 328 g/mol. The zero-order valence-corrected chi connectivity index (χ0v) is 13.5. The summed E-state index contributed by atoms with van der Waals surface area (Å²) in [4.78, 5) is 16.6. The van der Waals surface area contributed by atoms with Gasteiger partial charge < -0.3 is 19.5 Å². The van der Waals surface area contributed by atoms with E-state index in [0.29, 0.717) is 37.8 Å². The first-order valence-electron chi connectivity index (χ1n) is 7.85. The zero-order valence-electron chi connectivity index (χ0n) is 13.5. The minimum atomic E-state index is -0.211. The Labute approximate surface area is 140 Å². The number of aromatic nitrogens is 1. The fourth-order valence-corrected chi connectivity index (χ4v) is 2.51. The van der Waals surface area contributed by atoms with Gasteiger partial charge >= 0.3 is 0 Å². The van der Waals surface area contributed by atoms with Crippen LogP contribution in [0.1, 0.15) is 5.56 Å². The van der Waals surface area contributed by atoms with Crippen molar-refractivity contribution in [3.05, 3.63) is 48.2 Å². The molecule has 24 heavy (non-hydrogen) atoms. The molecule has 3 rings (SSSR count). The van der Waals surface area contributed by atoms with Gasteiger partial charge in [0.2, 0.25) is 11.8 Å². The van der Waals surface area contributed by atoms with Crippen molar-refractivity contribution < 1.29 is 19.0 Å². The van der Waals surface area contributed by atoms with Gasteiger partial charge in [-0.3, -0.25) is 4.79 Å². The van der Waals surface area contributed by atoms with Gasteiger partial charge in [-0.05, 0) is 24.1 Å². The van der Waals surface area contributed by atoms with Crippen molar-refractivity contribution in [1.82, 2.24) is 4.98 Å². The zero-order chi connectivity index (χ0) is 16.8. The summed E-state index contributed by atoms with van der Waals surface area (Å²) in [5, 5.41) is 2.88. The first-order valence-corrected chi connectivity index (χ1v) is 7.85. The molecule has 1 N–H and O–H groups in total. The third-order valence-corrected chi connectivity index (χ3v) is 3.79. The number of nitrogens with zero attached hydrogens (tertiary/aromatic N) is 1. The molecular weight excluding hydrogens is 308 g/mol. The number of nitrogens with one attached hydrogen (secondary N) is 1. The molecule has 6 nitrogen and oxygen atoms in total. The molecule has 0 saturated carbocycles. The van der Waals surface area contributed by atoms with Gasteiger partial charge in [0, 0.05) is 13.2 Å². The average Bonchev–Trinajstić information content (AvgIpc) is 2.63.